The topological polar surface area (TPSA) is 55.8 Å². The Morgan fingerprint density at radius 1 is 1.20 bits per heavy atom. The molecule has 0 unspecified atom stereocenters. The smallest absolute Gasteiger partial charge is 0.491 e. The summed E-state index contributed by atoms with van der Waals surface area (Å²) in [6.45, 7) is 9.00. The maximum atomic E-state index is 13.6. The number of phenolic OH excluding ortho intramolecular Hbond substituents is 1. The van der Waals surface area contributed by atoms with Crippen LogP contribution in [0.2, 0.25) is 0 Å². The molecule has 136 valence electrons. The summed E-state index contributed by atoms with van der Waals surface area (Å²) in [5.41, 5.74) is -0.378. The third kappa shape index (κ3) is 4.43. The standard InChI is InChI=1S/C17H21BF2O4S/c1-10(21)25-9-12(18-23-16(2,3)17(4,5)24-18)6-11-7-13(19)15(22)14(20)8-11/h6-8,22H,9H2,1-5H3. The van der Waals surface area contributed by atoms with Crippen molar-refractivity contribution in [3.05, 3.63) is 34.8 Å². The SMILES string of the molecule is CC(=O)SCC(=Cc1cc(F)c(O)c(F)c1)B1OC(C)(C)C(C)(C)O1. The fraction of sp³-hybridized carbons (Fsp3) is 0.471. The van der Waals surface area contributed by atoms with Gasteiger partial charge in [-0.05, 0) is 50.9 Å². The van der Waals surface area contributed by atoms with Gasteiger partial charge < -0.3 is 14.4 Å². The van der Waals surface area contributed by atoms with Gasteiger partial charge >= 0.3 is 7.12 Å². The molecule has 1 aromatic rings. The highest BCUT2D eigenvalue weighted by atomic mass is 32.2. The number of thioether (sulfide) groups is 1. The van der Waals surface area contributed by atoms with Gasteiger partial charge in [0.05, 0.1) is 11.2 Å². The molecule has 0 radical (unpaired) electrons. The molecule has 1 aliphatic heterocycles. The van der Waals surface area contributed by atoms with E-state index in [0.717, 1.165) is 23.9 Å². The van der Waals surface area contributed by atoms with Crippen LogP contribution in [0.1, 0.15) is 40.2 Å². The second-order valence-electron chi connectivity index (χ2n) is 6.92. The second kappa shape index (κ2) is 7.09. The summed E-state index contributed by atoms with van der Waals surface area (Å²) < 4.78 is 39.1. The van der Waals surface area contributed by atoms with Gasteiger partial charge in [0.15, 0.2) is 22.5 Å². The van der Waals surface area contributed by atoms with E-state index in [1.807, 2.05) is 27.7 Å². The average molecular weight is 370 g/mol. The highest BCUT2D eigenvalue weighted by Gasteiger charge is 2.52. The number of halogens is 2. The predicted molar refractivity (Wildman–Crippen MR) is 95.2 cm³/mol. The third-order valence-corrected chi connectivity index (χ3v) is 5.27. The molecule has 1 heterocycles. The van der Waals surface area contributed by atoms with Crippen molar-refractivity contribution in [3.8, 4) is 5.75 Å². The number of carbonyl (C=O) groups is 1. The number of hydrogen-bond acceptors (Lipinski definition) is 5. The molecule has 2 rings (SSSR count). The van der Waals surface area contributed by atoms with Crippen molar-refractivity contribution in [2.24, 2.45) is 0 Å². The molecule has 1 N–H and O–H groups in total. The summed E-state index contributed by atoms with van der Waals surface area (Å²) >= 11 is 1.05. The average Bonchev–Trinajstić information content (AvgIpc) is 2.68. The van der Waals surface area contributed by atoms with Crippen LogP contribution in [-0.4, -0.2) is 34.3 Å². The lowest BCUT2D eigenvalue weighted by molar-refractivity contribution is -0.109. The first kappa shape index (κ1) is 19.9. The van der Waals surface area contributed by atoms with Crippen LogP contribution >= 0.6 is 11.8 Å². The molecule has 0 aromatic heterocycles. The second-order valence-corrected chi connectivity index (χ2v) is 8.07. The molecule has 0 bridgehead atoms. The van der Waals surface area contributed by atoms with Crippen LogP contribution in [0.25, 0.3) is 6.08 Å². The summed E-state index contributed by atoms with van der Waals surface area (Å²) in [5, 5.41) is 9.13. The minimum absolute atomic E-state index is 0.0921. The highest BCUT2D eigenvalue weighted by molar-refractivity contribution is 8.13. The summed E-state index contributed by atoms with van der Waals surface area (Å²) in [5.74, 6) is -2.87. The van der Waals surface area contributed by atoms with Gasteiger partial charge in [-0.15, -0.1) is 0 Å². The molecule has 0 amide bonds. The molecule has 1 saturated heterocycles. The van der Waals surface area contributed by atoms with Crippen LogP contribution in [0.4, 0.5) is 8.78 Å². The molecular formula is C17H21BF2O4S. The first-order chi connectivity index (χ1) is 11.4. The maximum Gasteiger partial charge on any atom is 0.491 e. The van der Waals surface area contributed by atoms with E-state index in [-0.39, 0.29) is 16.4 Å². The van der Waals surface area contributed by atoms with Gasteiger partial charge in [0.25, 0.3) is 0 Å². The first-order valence-electron chi connectivity index (χ1n) is 7.80. The van der Waals surface area contributed by atoms with Gasteiger partial charge in [-0.25, -0.2) is 8.78 Å². The zero-order valence-electron chi connectivity index (χ0n) is 14.9. The van der Waals surface area contributed by atoms with Crippen LogP contribution in [0.3, 0.4) is 0 Å². The molecule has 0 spiro atoms. The van der Waals surface area contributed by atoms with Crippen LogP contribution in [-0.2, 0) is 14.1 Å². The fourth-order valence-electron chi connectivity index (χ4n) is 2.24. The minimum atomic E-state index is -1.06. The Bertz CT molecular complexity index is 680. The van der Waals surface area contributed by atoms with Crippen molar-refractivity contribution in [2.75, 3.05) is 5.75 Å². The van der Waals surface area contributed by atoms with Gasteiger partial charge in [0.1, 0.15) is 0 Å². The van der Waals surface area contributed by atoms with E-state index in [9.17, 15) is 18.7 Å². The number of hydrogen-bond donors (Lipinski definition) is 1. The van der Waals surface area contributed by atoms with E-state index >= 15 is 0 Å². The molecule has 1 fully saturated rings. The zero-order chi connectivity index (χ0) is 19.0. The highest BCUT2D eigenvalue weighted by Crippen LogP contribution is 2.39. The van der Waals surface area contributed by atoms with E-state index < -0.39 is 35.7 Å². The lowest BCUT2D eigenvalue weighted by atomic mass is 9.78. The number of carbonyl (C=O) groups excluding carboxylic acids is 1. The predicted octanol–water partition coefficient (Wildman–Crippen LogP) is 3.96. The van der Waals surface area contributed by atoms with Gasteiger partial charge in [-0.1, -0.05) is 17.8 Å². The summed E-state index contributed by atoms with van der Waals surface area (Å²) in [6.07, 6.45) is 1.52. The van der Waals surface area contributed by atoms with E-state index in [1.54, 1.807) is 0 Å². The van der Waals surface area contributed by atoms with Crippen molar-refractivity contribution in [3.63, 3.8) is 0 Å². The van der Waals surface area contributed by atoms with E-state index in [1.165, 1.54) is 13.0 Å². The monoisotopic (exact) mass is 370 g/mol. The lowest BCUT2D eigenvalue weighted by Crippen LogP contribution is -2.41. The molecule has 25 heavy (non-hydrogen) atoms. The zero-order valence-corrected chi connectivity index (χ0v) is 15.7. The van der Waals surface area contributed by atoms with Crippen LogP contribution in [0.5, 0.6) is 5.75 Å². The number of phenols is 1. The maximum absolute atomic E-state index is 13.6. The Kier molecular flexibility index (Phi) is 5.66. The van der Waals surface area contributed by atoms with E-state index in [0.29, 0.717) is 5.47 Å². The Labute approximate surface area is 150 Å². The van der Waals surface area contributed by atoms with Crippen molar-refractivity contribution >= 4 is 30.1 Å². The Hall–Kier alpha value is -1.38. The van der Waals surface area contributed by atoms with Crippen molar-refractivity contribution in [2.45, 2.75) is 45.8 Å². The molecule has 0 aliphatic carbocycles. The van der Waals surface area contributed by atoms with Crippen molar-refractivity contribution in [1.82, 2.24) is 0 Å². The molecule has 1 aliphatic rings. The van der Waals surface area contributed by atoms with Crippen LogP contribution < -0.4 is 0 Å². The third-order valence-electron chi connectivity index (χ3n) is 4.39. The lowest BCUT2D eigenvalue weighted by Gasteiger charge is -2.32. The number of aromatic hydroxyl groups is 1. The van der Waals surface area contributed by atoms with Crippen LogP contribution in [0, 0.1) is 11.6 Å². The molecule has 0 saturated carbocycles. The fourth-order valence-corrected chi connectivity index (χ4v) is 2.83. The summed E-state index contributed by atoms with van der Waals surface area (Å²) in [4.78, 5) is 11.3. The normalized spacial score (nSPS) is 19.3. The van der Waals surface area contributed by atoms with Gasteiger partial charge in [0.2, 0.25) is 0 Å². The van der Waals surface area contributed by atoms with Gasteiger partial charge in [-0.3, -0.25) is 4.79 Å². The molecule has 8 heteroatoms. The molecule has 1 aromatic carbocycles. The number of benzene rings is 1. The number of rotatable bonds is 4. The Morgan fingerprint density at radius 2 is 1.68 bits per heavy atom. The Morgan fingerprint density at radius 3 is 2.12 bits per heavy atom. The largest absolute Gasteiger partial charge is 0.503 e. The van der Waals surface area contributed by atoms with Crippen LogP contribution in [0.15, 0.2) is 17.6 Å². The molecular weight excluding hydrogens is 349 g/mol. The van der Waals surface area contributed by atoms with Gasteiger partial charge in [-0.2, -0.15) is 0 Å². The summed E-state index contributed by atoms with van der Waals surface area (Å²) in [7, 11) is -0.739. The minimum Gasteiger partial charge on any atom is -0.503 e. The Balaban J connectivity index is 2.38. The molecule has 0 atom stereocenters. The van der Waals surface area contributed by atoms with Crippen molar-refractivity contribution in [1.29, 1.82) is 0 Å². The first-order valence-corrected chi connectivity index (χ1v) is 8.79. The van der Waals surface area contributed by atoms with E-state index in [4.69, 9.17) is 9.31 Å². The van der Waals surface area contributed by atoms with E-state index in [2.05, 4.69) is 0 Å². The van der Waals surface area contributed by atoms with Gasteiger partial charge in [0, 0.05) is 12.7 Å². The molecule has 4 nitrogen and oxygen atoms in total. The summed E-state index contributed by atoms with van der Waals surface area (Å²) in [6, 6.07) is 2.03. The quantitative estimate of drug-likeness (QED) is 0.813. The van der Waals surface area contributed by atoms with Crippen molar-refractivity contribution < 1.29 is 28.0 Å².